The SMILES string of the molecule is CC1(C)CC2CC(C)(CN2C[C@H]2C[C@@H](c3ccc(CO)cc3)O[C@@H](c3ccc(-c4ccccc4CNC(=O)NCc4ccccc4)cc3)O2)C1. The number of aliphatic hydroxyl groups is 1. The number of hydrogen-bond acceptors (Lipinski definition) is 5. The van der Waals surface area contributed by atoms with E-state index in [2.05, 4.69) is 84.8 Å². The van der Waals surface area contributed by atoms with Crippen LogP contribution in [0.15, 0.2) is 103 Å². The van der Waals surface area contributed by atoms with Crippen LogP contribution in [0.3, 0.4) is 0 Å². The number of ether oxygens (including phenoxy) is 2. The molecule has 0 aromatic heterocycles. The largest absolute Gasteiger partial charge is 0.392 e. The van der Waals surface area contributed by atoms with Crippen molar-refractivity contribution in [1.82, 2.24) is 15.5 Å². The predicted octanol–water partition coefficient (Wildman–Crippen LogP) is 8.29. The summed E-state index contributed by atoms with van der Waals surface area (Å²) >= 11 is 0. The summed E-state index contributed by atoms with van der Waals surface area (Å²) in [6.07, 6.45) is 3.99. The van der Waals surface area contributed by atoms with E-state index in [0.717, 1.165) is 58.5 Å². The van der Waals surface area contributed by atoms with E-state index in [-0.39, 0.29) is 24.8 Å². The van der Waals surface area contributed by atoms with E-state index in [1.165, 1.54) is 19.3 Å². The predicted molar refractivity (Wildman–Crippen MR) is 197 cm³/mol. The number of likely N-dealkylation sites (tertiary alicyclic amines) is 1. The van der Waals surface area contributed by atoms with Crippen molar-refractivity contribution >= 4 is 6.03 Å². The summed E-state index contributed by atoms with van der Waals surface area (Å²) in [5.74, 6) is 0. The van der Waals surface area contributed by atoms with Crippen LogP contribution in [0.25, 0.3) is 11.1 Å². The first-order valence-electron chi connectivity index (χ1n) is 18.1. The molecule has 1 aliphatic carbocycles. The van der Waals surface area contributed by atoms with Crippen molar-refractivity contribution in [2.75, 3.05) is 13.1 Å². The zero-order chi connectivity index (χ0) is 34.7. The lowest BCUT2D eigenvalue weighted by molar-refractivity contribution is -0.253. The highest BCUT2D eigenvalue weighted by Crippen LogP contribution is 2.53. The molecule has 50 heavy (non-hydrogen) atoms. The van der Waals surface area contributed by atoms with Gasteiger partial charge in [-0.3, -0.25) is 4.90 Å². The van der Waals surface area contributed by atoms with Crippen LogP contribution in [-0.4, -0.2) is 41.3 Å². The number of nitrogens with zero attached hydrogens (tertiary/aromatic N) is 1. The van der Waals surface area contributed by atoms with Gasteiger partial charge in [-0.15, -0.1) is 0 Å². The molecule has 2 saturated heterocycles. The van der Waals surface area contributed by atoms with Crippen LogP contribution in [0.2, 0.25) is 0 Å². The van der Waals surface area contributed by atoms with E-state index < -0.39 is 6.29 Å². The Morgan fingerprint density at radius 3 is 2.26 bits per heavy atom. The Balaban J connectivity index is 1.05. The van der Waals surface area contributed by atoms with Crippen molar-refractivity contribution in [3.63, 3.8) is 0 Å². The standard InChI is InChI=1S/C43H51N3O4/c1-42(2)22-36-23-43(3,28-42)29-46(36)26-37-21-39(33-15-13-31(27-47)14-16-33)50-40(49-37)34-19-17-32(18-20-34)38-12-8-7-11-35(38)25-45-41(48)44-24-30-9-5-4-6-10-30/h4-20,36-37,39-40,47H,21-29H2,1-3H3,(H2,44,45,48)/t36?,37-,39+,40+,43?/m1/s1. The normalized spacial score (nSPS) is 26.0. The van der Waals surface area contributed by atoms with Crippen LogP contribution in [0.5, 0.6) is 0 Å². The fourth-order valence-corrected chi connectivity index (χ4v) is 8.88. The molecule has 1 saturated carbocycles. The van der Waals surface area contributed by atoms with Gasteiger partial charge in [-0.2, -0.15) is 0 Å². The van der Waals surface area contributed by atoms with Crippen LogP contribution in [0, 0.1) is 10.8 Å². The molecule has 2 heterocycles. The third-order valence-electron chi connectivity index (χ3n) is 10.8. The summed E-state index contributed by atoms with van der Waals surface area (Å²) in [6.45, 7) is 10.3. The number of carbonyl (C=O) groups excluding carboxylic acids is 1. The second-order valence-electron chi connectivity index (χ2n) is 15.8. The third-order valence-corrected chi connectivity index (χ3v) is 10.8. The summed E-state index contributed by atoms with van der Waals surface area (Å²) < 4.78 is 13.5. The molecule has 3 aliphatic rings. The highest BCUT2D eigenvalue weighted by atomic mass is 16.7. The molecule has 2 amide bonds. The van der Waals surface area contributed by atoms with Gasteiger partial charge in [-0.25, -0.2) is 4.79 Å². The molecular weight excluding hydrogens is 622 g/mol. The molecule has 262 valence electrons. The van der Waals surface area contributed by atoms with Gasteiger partial charge in [0, 0.05) is 44.2 Å². The molecule has 0 radical (unpaired) electrons. The lowest BCUT2D eigenvalue weighted by atomic mass is 9.65. The second-order valence-corrected chi connectivity index (χ2v) is 15.8. The first-order chi connectivity index (χ1) is 24.1. The molecule has 4 aromatic carbocycles. The number of amides is 2. The lowest BCUT2D eigenvalue weighted by Gasteiger charge is -2.41. The van der Waals surface area contributed by atoms with Crippen molar-refractivity contribution in [2.24, 2.45) is 10.8 Å². The van der Waals surface area contributed by atoms with Crippen molar-refractivity contribution in [1.29, 1.82) is 0 Å². The van der Waals surface area contributed by atoms with Gasteiger partial charge in [0.25, 0.3) is 0 Å². The minimum absolute atomic E-state index is 0.0264. The number of urea groups is 1. The Morgan fingerprint density at radius 2 is 1.50 bits per heavy atom. The number of carbonyl (C=O) groups is 1. The van der Waals surface area contributed by atoms with Crippen LogP contribution in [0.1, 0.15) is 86.7 Å². The summed E-state index contributed by atoms with van der Waals surface area (Å²) in [7, 11) is 0. The number of rotatable bonds is 10. The number of nitrogens with one attached hydrogen (secondary N) is 2. The van der Waals surface area contributed by atoms with Crippen LogP contribution >= 0.6 is 0 Å². The number of fused-ring (bicyclic) bond motifs is 2. The van der Waals surface area contributed by atoms with Gasteiger partial charge in [-0.1, -0.05) is 124 Å². The Hall–Kier alpha value is -4.01. The average molecular weight is 674 g/mol. The number of hydrogen-bond donors (Lipinski definition) is 3. The zero-order valence-electron chi connectivity index (χ0n) is 29.6. The number of aliphatic hydroxyl groups excluding tert-OH is 1. The quantitative estimate of drug-likeness (QED) is 0.158. The van der Waals surface area contributed by atoms with Crippen molar-refractivity contribution in [3.8, 4) is 11.1 Å². The second kappa shape index (κ2) is 14.7. The smallest absolute Gasteiger partial charge is 0.315 e. The molecule has 7 nitrogen and oxygen atoms in total. The van der Waals surface area contributed by atoms with Gasteiger partial charge in [0.1, 0.15) is 0 Å². The Bertz CT molecular complexity index is 1740. The molecule has 0 spiro atoms. The molecule has 2 aliphatic heterocycles. The van der Waals surface area contributed by atoms with Crippen LogP contribution in [-0.2, 0) is 29.2 Å². The van der Waals surface area contributed by atoms with Crippen molar-refractivity contribution in [2.45, 2.75) is 90.7 Å². The zero-order valence-corrected chi connectivity index (χ0v) is 29.6. The van der Waals surface area contributed by atoms with Gasteiger partial charge in [-0.05, 0) is 63.5 Å². The van der Waals surface area contributed by atoms with E-state index in [1.807, 2.05) is 54.6 Å². The minimum atomic E-state index is -0.496. The summed E-state index contributed by atoms with van der Waals surface area (Å²) in [5.41, 5.74) is 7.97. The van der Waals surface area contributed by atoms with Crippen LogP contribution in [0.4, 0.5) is 4.79 Å². The van der Waals surface area contributed by atoms with E-state index in [0.29, 0.717) is 30.0 Å². The molecule has 5 atom stereocenters. The van der Waals surface area contributed by atoms with Crippen molar-refractivity contribution < 1.29 is 19.4 Å². The van der Waals surface area contributed by atoms with E-state index >= 15 is 0 Å². The van der Waals surface area contributed by atoms with Gasteiger partial charge in [0.15, 0.2) is 6.29 Å². The highest BCUT2D eigenvalue weighted by molar-refractivity contribution is 5.75. The lowest BCUT2D eigenvalue weighted by Crippen LogP contribution is -2.42. The van der Waals surface area contributed by atoms with E-state index in [9.17, 15) is 9.90 Å². The maximum absolute atomic E-state index is 12.6. The molecule has 3 N–H and O–H groups in total. The Morgan fingerprint density at radius 1 is 0.800 bits per heavy atom. The van der Waals surface area contributed by atoms with E-state index in [1.54, 1.807) is 0 Å². The Labute approximate surface area is 297 Å². The molecular formula is C43H51N3O4. The minimum Gasteiger partial charge on any atom is -0.392 e. The highest BCUT2D eigenvalue weighted by Gasteiger charge is 2.50. The third kappa shape index (κ3) is 8.13. The molecule has 7 rings (SSSR count). The summed E-state index contributed by atoms with van der Waals surface area (Å²) in [4.78, 5) is 15.3. The maximum Gasteiger partial charge on any atom is 0.315 e. The molecule has 3 fully saturated rings. The summed E-state index contributed by atoms with van der Waals surface area (Å²) in [5, 5.41) is 15.6. The number of benzene rings is 4. The molecule has 4 aromatic rings. The molecule has 2 bridgehead atoms. The molecule has 2 unspecified atom stereocenters. The maximum atomic E-state index is 12.6. The fraction of sp³-hybridized carbons (Fsp3) is 0.419. The van der Waals surface area contributed by atoms with Crippen molar-refractivity contribution in [3.05, 3.63) is 131 Å². The van der Waals surface area contributed by atoms with Gasteiger partial charge >= 0.3 is 6.03 Å². The first kappa shape index (κ1) is 34.4. The van der Waals surface area contributed by atoms with E-state index in [4.69, 9.17) is 9.47 Å². The van der Waals surface area contributed by atoms with Gasteiger partial charge in [0.2, 0.25) is 0 Å². The first-order valence-corrected chi connectivity index (χ1v) is 18.1. The topological polar surface area (TPSA) is 83.1 Å². The summed E-state index contributed by atoms with van der Waals surface area (Å²) in [6, 6.07) is 35.1. The van der Waals surface area contributed by atoms with Crippen LogP contribution < -0.4 is 10.6 Å². The average Bonchev–Trinajstić information content (AvgIpc) is 3.37. The molecule has 7 heteroatoms. The Kier molecular flexibility index (Phi) is 10.1. The van der Waals surface area contributed by atoms with Gasteiger partial charge < -0.3 is 25.2 Å². The van der Waals surface area contributed by atoms with Gasteiger partial charge in [0.05, 0.1) is 18.8 Å². The monoisotopic (exact) mass is 673 g/mol. The fourth-order valence-electron chi connectivity index (χ4n) is 8.88.